The van der Waals surface area contributed by atoms with E-state index in [1.54, 1.807) is 69.3 Å². The third-order valence-corrected chi connectivity index (χ3v) is 16.9. The monoisotopic (exact) mass is 1280 g/mol. The van der Waals surface area contributed by atoms with Crippen molar-refractivity contribution in [3.63, 3.8) is 0 Å². The molecule has 3 atom stereocenters. The molecule has 0 spiro atoms. The topological polar surface area (TPSA) is 320 Å². The van der Waals surface area contributed by atoms with Crippen LogP contribution in [-0.4, -0.2) is 111 Å². The van der Waals surface area contributed by atoms with Gasteiger partial charge in [0.1, 0.15) is 66.1 Å². The van der Waals surface area contributed by atoms with Crippen LogP contribution in [0.5, 0.6) is 23.0 Å². The van der Waals surface area contributed by atoms with Gasteiger partial charge in [0.2, 0.25) is 0 Å². The highest BCUT2D eigenvalue weighted by molar-refractivity contribution is 8.24. The SMILES string of the molecule is C=CC(=O)OCC(C)OCC(C)OC(=O)CCC(=O)OCCc1ccc(OC(=O)[C@H]2CC[C@H](C(=O)Oc3ccc(OC(=O)[C@H]4CC[C@H](C(=O)Oc5ccc(CCOC(=O)CCC(=O)OCC(C)OC(=O)C=C)cc5)CC4)c4c3SC(=C(C#N)C#N)S4)CC2)cc1. The molecule has 6 rings (SSSR count). The second kappa shape index (κ2) is 36.0. The quantitative estimate of drug-likeness (QED) is 0.0190. The number of nitrogens with zero attached hydrogens (tertiary/aromatic N) is 2. The minimum atomic E-state index is -0.675. The first-order valence-corrected chi connectivity index (χ1v) is 30.9. The van der Waals surface area contributed by atoms with Crippen molar-refractivity contribution in [1.29, 1.82) is 10.5 Å². The molecule has 0 radical (unpaired) electrons. The Balaban J connectivity index is 0.885. The van der Waals surface area contributed by atoms with Crippen molar-refractivity contribution < 1.29 is 100 Å². The highest BCUT2D eigenvalue weighted by atomic mass is 32.2. The Bertz CT molecular complexity index is 3210. The minimum absolute atomic E-state index is 0.0136. The number of fused-ring (bicyclic) bond motifs is 1. The number of thioether (sulfide) groups is 2. The number of hydrogen-bond acceptors (Lipinski definition) is 25. The molecule has 3 aromatic carbocycles. The molecule has 25 heteroatoms. The minimum Gasteiger partial charge on any atom is -0.465 e. The van der Waals surface area contributed by atoms with E-state index in [-0.39, 0.29) is 75.8 Å². The number of carbonyl (C=O) groups excluding carboxylic acids is 10. The summed E-state index contributed by atoms with van der Waals surface area (Å²) in [6.07, 6.45) is 3.07. The van der Waals surface area contributed by atoms with Crippen LogP contribution in [0.2, 0.25) is 0 Å². The standard InChI is InChI=1S/C65H70N2O21S2/c1-6-53(68)81-36-39(3)80-37-40(4)84-58(73)29-28-56(71)79-33-31-43-10-22-50(23-11-43)86-62(75)45-14-18-47(19-15-45)64(77)88-52-25-24-51(59-60(52)90-65(89-59)48(34-66)35-67)87-63(76)46-16-12-44(13-17-46)61(74)85-49-20-8-42(9-21-49)30-32-78-55(70)26-27-57(72)82-38-41(5)83-54(69)7-2/h6-11,20-25,39-41,44-47H,1-2,12-19,26-33,36-38H2,3-5H3/t39?,40?,41?,44-,45-,46-,47-. The molecule has 0 amide bonds. The highest BCUT2D eigenvalue weighted by Crippen LogP contribution is 2.59. The van der Waals surface area contributed by atoms with Crippen molar-refractivity contribution >= 4 is 83.2 Å². The number of carbonyl (C=O) groups is 10. The molecular formula is C65H70N2O21S2. The van der Waals surface area contributed by atoms with Crippen LogP contribution in [0.3, 0.4) is 0 Å². The zero-order chi connectivity index (χ0) is 65.1. The van der Waals surface area contributed by atoms with Crippen molar-refractivity contribution in [3.05, 3.63) is 107 Å². The van der Waals surface area contributed by atoms with Gasteiger partial charge in [0, 0.05) is 25.0 Å². The molecule has 90 heavy (non-hydrogen) atoms. The molecular weight excluding hydrogens is 1210 g/mol. The van der Waals surface area contributed by atoms with Crippen LogP contribution in [0.15, 0.2) is 106 Å². The Morgan fingerprint density at radius 2 is 0.856 bits per heavy atom. The predicted molar refractivity (Wildman–Crippen MR) is 319 cm³/mol. The van der Waals surface area contributed by atoms with Gasteiger partial charge in [0.15, 0.2) is 0 Å². The molecule has 1 aliphatic heterocycles. The fraction of sp³-hybridized carbons (Fsp3) is 0.446. The highest BCUT2D eigenvalue weighted by Gasteiger charge is 2.37. The van der Waals surface area contributed by atoms with Gasteiger partial charge in [-0.2, -0.15) is 10.5 Å². The summed E-state index contributed by atoms with van der Waals surface area (Å²) >= 11 is 2.09. The lowest BCUT2D eigenvalue weighted by Crippen LogP contribution is -2.30. The smallest absolute Gasteiger partial charge is 0.330 e. The van der Waals surface area contributed by atoms with E-state index in [1.165, 1.54) is 12.1 Å². The first kappa shape index (κ1) is 70.3. The third-order valence-electron chi connectivity index (χ3n) is 14.3. The van der Waals surface area contributed by atoms with E-state index in [0.29, 0.717) is 89.7 Å². The Labute approximate surface area is 529 Å². The Kier molecular flexibility index (Phi) is 28.1. The van der Waals surface area contributed by atoms with E-state index in [2.05, 4.69) is 13.2 Å². The molecule has 2 fully saturated rings. The van der Waals surface area contributed by atoms with Crippen LogP contribution in [0.4, 0.5) is 0 Å². The number of rotatable bonds is 31. The van der Waals surface area contributed by atoms with Crippen molar-refractivity contribution in [2.45, 2.75) is 139 Å². The second-order valence-electron chi connectivity index (χ2n) is 21.2. The number of benzene rings is 3. The summed E-state index contributed by atoms with van der Waals surface area (Å²) in [4.78, 5) is 126. The van der Waals surface area contributed by atoms with Crippen molar-refractivity contribution in [3.8, 4) is 35.1 Å². The molecule has 0 saturated heterocycles. The number of allylic oxidation sites excluding steroid dienone is 1. The van der Waals surface area contributed by atoms with E-state index in [1.807, 2.05) is 12.1 Å². The van der Waals surface area contributed by atoms with Crippen LogP contribution < -0.4 is 18.9 Å². The molecule has 3 unspecified atom stereocenters. The van der Waals surface area contributed by atoms with E-state index in [4.69, 9.17) is 52.1 Å². The molecule has 1 heterocycles. The van der Waals surface area contributed by atoms with Crippen molar-refractivity contribution in [2.24, 2.45) is 23.7 Å². The van der Waals surface area contributed by atoms with Crippen LogP contribution in [0.25, 0.3) is 0 Å². The summed E-state index contributed by atoms with van der Waals surface area (Å²) in [5.74, 6) is -6.73. The molecule has 0 aromatic heterocycles. The van der Waals surface area contributed by atoms with E-state index in [9.17, 15) is 58.5 Å². The van der Waals surface area contributed by atoms with Crippen LogP contribution in [-0.2, 0) is 93.9 Å². The lowest BCUT2D eigenvalue weighted by Gasteiger charge is -2.26. The van der Waals surface area contributed by atoms with E-state index < -0.39 is 102 Å². The summed E-state index contributed by atoms with van der Waals surface area (Å²) in [6.45, 7) is 11.5. The molecule has 478 valence electrons. The average Bonchev–Trinajstić information content (AvgIpc) is 1.67. The fourth-order valence-electron chi connectivity index (χ4n) is 9.27. The Hall–Kier alpha value is -8.78. The van der Waals surface area contributed by atoms with Gasteiger partial charge in [-0.15, -0.1) is 0 Å². The number of nitriles is 2. The van der Waals surface area contributed by atoms with Crippen LogP contribution >= 0.6 is 23.5 Å². The van der Waals surface area contributed by atoms with E-state index in [0.717, 1.165) is 46.8 Å². The maximum atomic E-state index is 13.7. The van der Waals surface area contributed by atoms with Crippen LogP contribution in [0, 0.1) is 46.3 Å². The zero-order valence-corrected chi connectivity index (χ0v) is 51.7. The molecule has 23 nitrogen and oxygen atoms in total. The maximum absolute atomic E-state index is 13.7. The number of ether oxygens (including phenoxy) is 11. The van der Waals surface area contributed by atoms with Gasteiger partial charge in [-0.3, -0.25) is 38.4 Å². The largest absolute Gasteiger partial charge is 0.465 e. The molecule has 2 saturated carbocycles. The normalized spacial score (nSPS) is 17.5. The maximum Gasteiger partial charge on any atom is 0.330 e. The molecule has 2 aliphatic carbocycles. The second-order valence-corrected chi connectivity index (χ2v) is 23.5. The summed E-state index contributed by atoms with van der Waals surface area (Å²) in [7, 11) is 0. The Morgan fingerprint density at radius 3 is 1.27 bits per heavy atom. The summed E-state index contributed by atoms with van der Waals surface area (Å²) in [5, 5.41) is 19.4. The summed E-state index contributed by atoms with van der Waals surface area (Å²) in [6, 6.07) is 20.2. The lowest BCUT2D eigenvalue weighted by molar-refractivity contribution is -0.156. The first-order valence-electron chi connectivity index (χ1n) is 29.3. The number of hydrogen-bond donors (Lipinski definition) is 0. The molecule has 3 aliphatic rings. The van der Waals surface area contributed by atoms with Gasteiger partial charge in [0.25, 0.3) is 0 Å². The first-order chi connectivity index (χ1) is 43.2. The van der Waals surface area contributed by atoms with Gasteiger partial charge >= 0.3 is 59.7 Å². The van der Waals surface area contributed by atoms with Gasteiger partial charge in [-0.1, -0.05) is 60.9 Å². The molecule has 3 aromatic rings. The molecule has 0 N–H and O–H groups in total. The van der Waals surface area contributed by atoms with Crippen molar-refractivity contribution in [1.82, 2.24) is 0 Å². The van der Waals surface area contributed by atoms with Gasteiger partial charge in [-0.05, 0) is 120 Å². The molecule has 0 bridgehead atoms. The summed E-state index contributed by atoms with van der Waals surface area (Å²) < 4.78 is 59.7. The zero-order valence-electron chi connectivity index (χ0n) is 50.1. The van der Waals surface area contributed by atoms with E-state index >= 15 is 0 Å². The van der Waals surface area contributed by atoms with Gasteiger partial charge in [-0.25, -0.2) is 9.59 Å². The Morgan fingerprint density at radius 1 is 0.478 bits per heavy atom. The summed E-state index contributed by atoms with van der Waals surface area (Å²) in [5.41, 5.74) is 1.43. The number of esters is 10. The third kappa shape index (κ3) is 23.0. The average molecular weight is 1280 g/mol. The van der Waals surface area contributed by atoms with Gasteiger partial charge < -0.3 is 52.1 Å². The lowest BCUT2D eigenvalue weighted by atomic mass is 9.82. The predicted octanol–water partition coefficient (Wildman–Crippen LogP) is 9.24. The van der Waals surface area contributed by atoms with Gasteiger partial charge in [0.05, 0.1) is 89.3 Å². The van der Waals surface area contributed by atoms with Crippen molar-refractivity contribution in [2.75, 3.05) is 33.0 Å². The van der Waals surface area contributed by atoms with Crippen LogP contribution in [0.1, 0.15) is 109 Å². The fourth-order valence-corrected chi connectivity index (χ4v) is 11.8.